The van der Waals surface area contributed by atoms with Crippen LogP contribution in [0.5, 0.6) is 0 Å². The van der Waals surface area contributed by atoms with Crippen LogP contribution in [0, 0.1) is 22.7 Å². The van der Waals surface area contributed by atoms with E-state index in [2.05, 4.69) is 40.3 Å². The second kappa shape index (κ2) is 14.2. The maximum Gasteiger partial charge on any atom is 0.303 e. The first-order valence-corrected chi connectivity index (χ1v) is 16.6. The van der Waals surface area contributed by atoms with Gasteiger partial charge in [0.05, 0.1) is 24.4 Å². The van der Waals surface area contributed by atoms with Crippen molar-refractivity contribution in [3.63, 3.8) is 0 Å². The third kappa shape index (κ3) is 6.99. The molecule has 0 unspecified atom stereocenters. The van der Waals surface area contributed by atoms with Crippen molar-refractivity contribution in [2.75, 3.05) is 6.61 Å². The molecule has 264 valence electrons. The Kier molecular flexibility index (Phi) is 11.5. The van der Waals surface area contributed by atoms with Crippen LogP contribution in [-0.2, 0) is 28.5 Å². The molecule has 0 bridgehead atoms. The van der Waals surface area contributed by atoms with Gasteiger partial charge in [0.1, 0.15) is 36.6 Å². The summed E-state index contributed by atoms with van der Waals surface area (Å²) in [5, 5.41) is 64.3. The predicted molar refractivity (Wildman–Crippen MR) is 166 cm³/mol. The van der Waals surface area contributed by atoms with Gasteiger partial charge in [-0.3, -0.25) is 4.79 Å². The summed E-state index contributed by atoms with van der Waals surface area (Å²) in [6.07, 6.45) is -6.15. The fraction of sp³-hybridized carbons (Fsp3) is 0.853. The molecular weight excluding hydrogens is 600 g/mol. The first-order chi connectivity index (χ1) is 21.4. The van der Waals surface area contributed by atoms with E-state index >= 15 is 0 Å². The lowest BCUT2D eigenvalue weighted by molar-refractivity contribution is -0.364. The van der Waals surface area contributed by atoms with Crippen LogP contribution in [0.2, 0.25) is 0 Å². The summed E-state index contributed by atoms with van der Waals surface area (Å²) in [6.45, 7) is 16.6. The highest BCUT2D eigenvalue weighted by molar-refractivity contribution is 5.66. The summed E-state index contributed by atoms with van der Waals surface area (Å²) in [4.78, 5) is 11.5. The first-order valence-electron chi connectivity index (χ1n) is 16.6. The summed E-state index contributed by atoms with van der Waals surface area (Å²) in [6, 6.07) is 0. The number of carbonyl (C=O) groups is 1. The second-order valence-corrected chi connectivity index (χ2v) is 14.7. The number of hydrogen-bond donors (Lipinski definition) is 6. The Morgan fingerprint density at radius 1 is 1.07 bits per heavy atom. The van der Waals surface area contributed by atoms with Crippen LogP contribution in [0.1, 0.15) is 80.6 Å². The topological polar surface area (TPSA) is 185 Å². The Labute approximate surface area is 272 Å². The quantitative estimate of drug-likeness (QED) is 0.148. The molecule has 12 nitrogen and oxygen atoms in total. The van der Waals surface area contributed by atoms with Gasteiger partial charge >= 0.3 is 5.97 Å². The van der Waals surface area contributed by atoms with Gasteiger partial charge in [0, 0.05) is 12.3 Å². The maximum atomic E-state index is 11.5. The molecule has 2 heterocycles. The van der Waals surface area contributed by atoms with E-state index < -0.39 is 85.0 Å². The third-order valence-electron chi connectivity index (χ3n) is 11.7. The Hall–Kier alpha value is -1.45. The molecule has 2 aliphatic carbocycles. The van der Waals surface area contributed by atoms with Crippen molar-refractivity contribution >= 4 is 5.97 Å². The van der Waals surface area contributed by atoms with E-state index in [1.807, 2.05) is 0 Å². The number of ether oxygens (including phenoxy) is 5. The molecule has 1 saturated carbocycles. The third-order valence-corrected chi connectivity index (χ3v) is 11.7. The molecule has 2 saturated heterocycles. The molecule has 0 aromatic rings. The SMILES string of the molecule is C=C[C@@](C)(O)CC[C@@]1(C)[C@H](C)C[C@H](O[C@@H]2O[C@@H](C)[C@H](O[C@@H]3O[C@H](CO)[C@@H](OC(C)=O)[C@H](O)[C@H]3O)[C@@H](O)[C@H]2O)[C@@]2(C)C(C)=CCC[C@H]12. The van der Waals surface area contributed by atoms with Crippen LogP contribution in [-0.4, -0.2) is 116 Å². The van der Waals surface area contributed by atoms with Crippen molar-refractivity contribution in [1.82, 2.24) is 0 Å². The first kappa shape index (κ1) is 37.4. The molecule has 6 N–H and O–H groups in total. The Balaban J connectivity index is 1.49. The molecule has 0 aromatic heterocycles. The van der Waals surface area contributed by atoms with E-state index in [0.717, 1.165) is 26.2 Å². The minimum atomic E-state index is -1.69. The summed E-state index contributed by atoms with van der Waals surface area (Å²) in [5.74, 6) is -0.286. The number of rotatable bonds is 10. The summed E-state index contributed by atoms with van der Waals surface area (Å²) >= 11 is 0. The standard InChI is InChI=1S/C34H56O12/c1-9-32(6,41)13-14-33(7)18(3)15-23(34(8)17(2)11-10-12-22(33)34)45-30-26(39)24(37)28(19(4)42-30)46-31-27(40)25(38)29(43-20(5)36)21(16-35)44-31/h9,11,18-19,21-31,35,37-41H,1,10,12-16H2,2-8H3/t18-,19+,21-,22-,23+,24+,25-,26-,27-,28+,29-,30+,31+,32-,33+,34+/m1/s1. The highest BCUT2D eigenvalue weighted by Crippen LogP contribution is 2.63. The van der Waals surface area contributed by atoms with Crippen molar-refractivity contribution in [3.8, 4) is 0 Å². The van der Waals surface area contributed by atoms with Crippen LogP contribution in [0.4, 0.5) is 0 Å². The van der Waals surface area contributed by atoms with Gasteiger partial charge in [-0.05, 0) is 70.1 Å². The average Bonchev–Trinajstić information content (AvgIpc) is 3.00. The Bertz CT molecular complexity index is 1110. The van der Waals surface area contributed by atoms with Gasteiger partial charge in [-0.1, -0.05) is 38.5 Å². The van der Waals surface area contributed by atoms with Crippen LogP contribution >= 0.6 is 0 Å². The lowest BCUT2D eigenvalue weighted by atomic mass is 9.45. The molecule has 46 heavy (non-hydrogen) atoms. The smallest absolute Gasteiger partial charge is 0.303 e. The van der Waals surface area contributed by atoms with Gasteiger partial charge in [0.15, 0.2) is 18.7 Å². The minimum Gasteiger partial charge on any atom is -0.457 e. The van der Waals surface area contributed by atoms with E-state index in [4.69, 9.17) is 23.7 Å². The molecule has 2 aliphatic heterocycles. The van der Waals surface area contributed by atoms with Gasteiger partial charge in [0.25, 0.3) is 0 Å². The van der Waals surface area contributed by atoms with E-state index in [9.17, 15) is 35.4 Å². The van der Waals surface area contributed by atoms with Gasteiger partial charge in [0.2, 0.25) is 0 Å². The molecule has 4 aliphatic rings. The van der Waals surface area contributed by atoms with Crippen molar-refractivity contribution in [2.24, 2.45) is 22.7 Å². The monoisotopic (exact) mass is 656 g/mol. The zero-order valence-electron chi connectivity index (χ0n) is 28.2. The molecule has 4 rings (SSSR count). The fourth-order valence-corrected chi connectivity index (χ4v) is 8.30. The van der Waals surface area contributed by atoms with E-state index in [1.54, 1.807) is 19.9 Å². The predicted octanol–water partition coefficient (Wildman–Crippen LogP) is 1.72. The molecule has 0 aromatic carbocycles. The number of fused-ring (bicyclic) bond motifs is 1. The number of aliphatic hydroxyl groups excluding tert-OH is 5. The molecule has 3 fully saturated rings. The number of esters is 1. The largest absolute Gasteiger partial charge is 0.457 e. The van der Waals surface area contributed by atoms with Crippen molar-refractivity contribution in [1.29, 1.82) is 0 Å². The van der Waals surface area contributed by atoms with Crippen molar-refractivity contribution < 1.29 is 59.1 Å². The summed E-state index contributed by atoms with van der Waals surface area (Å²) < 4.78 is 29.2. The van der Waals surface area contributed by atoms with Gasteiger partial charge in [-0.2, -0.15) is 0 Å². The zero-order valence-corrected chi connectivity index (χ0v) is 28.2. The van der Waals surface area contributed by atoms with Crippen LogP contribution < -0.4 is 0 Å². The number of carbonyl (C=O) groups excluding carboxylic acids is 1. The maximum absolute atomic E-state index is 11.5. The normalized spacial score (nSPS) is 47.7. The van der Waals surface area contributed by atoms with E-state index in [1.165, 1.54) is 5.57 Å². The highest BCUT2D eigenvalue weighted by Gasteiger charge is 2.60. The van der Waals surface area contributed by atoms with Gasteiger partial charge < -0.3 is 54.3 Å². The summed E-state index contributed by atoms with van der Waals surface area (Å²) in [7, 11) is 0. The number of allylic oxidation sites excluding steroid dienone is 1. The molecular formula is C34H56O12. The molecule has 0 spiro atoms. The average molecular weight is 657 g/mol. The number of aliphatic hydroxyl groups is 6. The molecule has 16 atom stereocenters. The fourth-order valence-electron chi connectivity index (χ4n) is 8.30. The summed E-state index contributed by atoms with van der Waals surface area (Å²) in [5.41, 5.74) is -0.245. The molecule has 0 radical (unpaired) electrons. The second-order valence-electron chi connectivity index (χ2n) is 14.7. The van der Waals surface area contributed by atoms with Crippen LogP contribution in [0.15, 0.2) is 24.3 Å². The van der Waals surface area contributed by atoms with Crippen molar-refractivity contribution in [3.05, 3.63) is 24.3 Å². The van der Waals surface area contributed by atoms with Gasteiger partial charge in [-0.25, -0.2) is 0 Å². The highest BCUT2D eigenvalue weighted by atomic mass is 16.7. The van der Waals surface area contributed by atoms with Crippen molar-refractivity contribution in [2.45, 2.75) is 154 Å². The van der Waals surface area contributed by atoms with E-state index in [0.29, 0.717) is 12.8 Å². The minimum absolute atomic E-state index is 0.0960. The Morgan fingerprint density at radius 3 is 2.26 bits per heavy atom. The number of hydrogen-bond acceptors (Lipinski definition) is 12. The zero-order chi connectivity index (χ0) is 34.4. The lowest BCUT2D eigenvalue weighted by Crippen LogP contribution is -2.65. The Morgan fingerprint density at radius 2 is 1.67 bits per heavy atom. The molecule has 12 heteroatoms. The van der Waals surface area contributed by atoms with Crippen LogP contribution in [0.3, 0.4) is 0 Å². The van der Waals surface area contributed by atoms with Crippen LogP contribution in [0.25, 0.3) is 0 Å². The van der Waals surface area contributed by atoms with E-state index in [-0.39, 0.29) is 23.4 Å². The lowest BCUT2D eigenvalue weighted by Gasteiger charge is -2.61. The molecule has 0 amide bonds. The van der Waals surface area contributed by atoms with Gasteiger partial charge in [-0.15, -0.1) is 6.58 Å².